The van der Waals surface area contributed by atoms with Gasteiger partial charge in [-0.05, 0) is 24.8 Å². The maximum atomic E-state index is 12.5. The molecule has 22 heavy (non-hydrogen) atoms. The second-order valence-corrected chi connectivity index (χ2v) is 6.54. The number of fused-ring (bicyclic) bond motifs is 1. The van der Waals surface area contributed by atoms with Crippen molar-refractivity contribution in [2.45, 2.75) is 32.2 Å². The molecule has 5 nitrogen and oxygen atoms in total. The van der Waals surface area contributed by atoms with E-state index in [0.717, 1.165) is 46.0 Å². The maximum Gasteiger partial charge on any atom is 0.228 e. The highest BCUT2D eigenvalue weighted by atomic mass is 32.1. The van der Waals surface area contributed by atoms with Gasteiger partial charge in [0, 0.05) is 30.4 Å². The van der Waals surface area contributed by atoms with Gasteiger partial charge in [0.25, 0.3) is 0 Å². The van der Waals surface area contributed by atoms with Gasteiger partial charge < -0.3 is 10.2 Å². The zero-order chi connectivity index (χ0) is 15.5. The Morgan fingerprint density at radius 2 is 2.41 bits per heavy atom. The normalized spacial score (nSPS) is 16.7. The second-order valence-electron chi connectivity index (χ2n) is 5.43. The Labute approximate surface area is 134 Å². The van der Waals surface area contributed by atoms with Gasteiger partial charge in [0.05, 0.1) is 18.5 Å². The minimum atomic E-state index is 0.137. The fourth-order valence-electron chi connectivity index (χ4n) is 2.88. The number of hydrogen-bond donors (Lipinski definition) is 1. The number of nitrogens with zero attached hydrogens (tertiary/aromatic N) is 3. The van der Waals surface area contributed by atoms with Crippen LogP contribution in [0.3, 0.4) is 0 Å². The Morgan fingerprint density at radius 1 is 1.55 bits per heavy atom. The first kappa shape index (κ1) is 14.8. The Bertz CT molecular complexity index is 696. The third-order valence-corrected chi connectivity index (χ3v) is 5.30. The first-order chi connectivity index (χ1) is 10.7. The van der Waals surface area contributed by atoms with Crippen LogP contribution in [0.5, 0.6) is 0 Å². The molecule has 1 N–H and O–H groups in total. The van der Waals surface area contributed by atoms with Gasteiger partial charge >= 0.3 is 0 Å². The smallest absolute Gasteiger partial charge is 0.228 e. The maximum absolute atomic E-state index is 12.5. The second kappa shape index (κ2) is 6.32. The van der Waals surface area contributed by atoms with Gasteiger partial charge in [-0.25, -0.2) is 0 Å². The summed E-state index contributed by atoms with van der Waals surface area (Å²) in [5.41, 5.74) is 2.83. The number of nitrogens with one attached hydrogen (secondary N) is 1. The lowest BCUT2D eigenvalue weighted by atomic mass is 10.0. The first-order valence-electron chi connectivity index (χ1n) is 7.43. The summed E-state index contributed by atoms with van der Waals surface area (Å²) in [7, 11) is 1.83. The molecule has 3 rings (SSSR count). The van der Waals surface area contributed by atoms with Crippen molar-refractivity contribution in [2.24, 2.45) is 4.99 Å². The van der Waals surface area contributed by atoms with Gasteiger partial charge in [-0.1, -0.05) is 6.08 Å². The largest absolute Gasteiger partial charge is 0.379 e. The molecule has 3 heterocycles. The Morgan fingerprint density at radius 3 is 3.09 bits per heavy atom. The molecule has 1 amide bonds. The molecule has 0 bridgehead atoms. The van der Waals surface area contributed by atoms with E-state index in [9.17, 15) is 10.1 Å². The van der Waals surface area contributed by atoms with Gasteiger partial charge in [0.1, 0.15) is 11.1 Å². The molecule has 0 fully saturated rings. The molecular weight excluding hydrogens is 296 g/mol. The van der Waals surface area contributed by atoms with E-state index in [4.69, 9.17) is 0 Å². The Balaban J connectivity index is 1.73. The van der Waals surface area contributed by atoms with Gasteiger partial charge in [-0.15, -0.1) is 11.3 Å². The van der Waals surface area contributed by atoms with Crippen molar-refractivity contribution in [3.8, 4) is 6.07 Å². The first-order valence-corrected chi connectivity index (χ1v) is 8.25. The van der Waals surface area contributed by atoms with Crippen molar-refractivity contribution in [3.05, 3.63) is 28.3 Å². The SMILES string of the molecule is CNc1sc2c(c1C#N)CCN(C(=O)CC1=NC=CCC1)C2. The summed E-state index contributed by atoms with van der Waals surface area (Å²) >= 11 is 1.58. The van der Waals surface area contributed by atoms with E-state index >= 15 is 0 Å². The summed E-state index contributed by atoms with van der Waals surface area (Å²) in [6.07, 6.45) is 6.83. The van der Waals surface area contributed by atoms with Crippen LogP contribution in [-0.4, -0.2) is 30.1 Å². The van der Waals surface area contributed by atoms with E-state index < -0.39 is 0 Å². The summed E-state index contributed by atoms with van der Waals surface area (Å²) in [5, 5.41) is 13.3. The van der Waals surface area contributed by atoms with E-state index in [2.05, 4.69) is 16.4 Å². The highest BCUT2D eigenvalue weighted by Crippen LogP contribution is 2.36. The van der Waals surface area contributed by atoms with Crippen LogP contribution < -0.4 is 5.32 Å². The molecule has 1 aromatic rings. The summed E-state index contributed by atoms with van der Waals surface area (Å²) < 4.78 is 0. The number of carbonyl (C=O) groups is 1. The monoisotopic (exact) mass is 314 g/mol. The lowest BCUT2D eigenvalue weighted by Crippen LogP contribution is -2.36. The number of anilines is 1. The average Bonchev–Trinajstić information content (AvgIpc) is 2.92. The third-order valence-electron chi connectivity index (χ3n) is 4.07. The molecular formula is C16H18N4OS. The van der Waals surface area contributed by atoms with E-state index in [1.807, 2.05) is 18.0 Å². The molecule has 1 aromatic heterocycles. The lowest BCUT2D eigenvalue weighted by Gasteiger charge is -2.27. The summed E-state index contributed by atoms with van der Waals surface area (Å²) in [6, 6.07) is 2.28. The summed E-state index contributed by atoms with van der Waals surface area (Å²) in [6.45, 7) is 1.29. The molecule has 0 atom stereocenters. The van der Waals surface area contributed by atoms with Gasteiger partial charge in [0.15, 0.2) is 0 Å². The van der Waals surface area contributed by atoms with E-state index in [1.54, 1.807) is 17.5 Å². The minimum Gasteiger partial charge on any atom is -0.379 e. The molecule has 6 heteroatoms. The zero-order valence-corrected chi connectivity index (χ0v) is 13.4. The van der Waals surface area contributed by atoms with Crippen LogP contribution >= 0.6 is 11.3 Å². The van der Waals surface area contributed by atoms with E-state index in [-0.39, 0.29) is 5.91 Å². The van der Waals surface area contributed by atoms with Crippen LogP contribution in [0.15, 0.2) is 17.3 Å². The third kappa shape index (κ3) is 2.77. The number of aliphatic imine (C=N–C) groups is 1. The standard InChI is InChI=1S/C16H18N4OS/c1-18-16-13(9-17)12-5-7-20(10-14(12)22-16)15(21)8-11-4-2-3-6-19-11/h3,6,18H,2,4-5,7-8,10H2,1H3. The number of nitriles is 1. The molecule has 0 unspecified atom stereocenters. The van der Waals surface area contributed by atoms with Crippen molar-refractivity contribution < 1.29 is 4.79 Å². The van der Waals surface area contributed by atoms with Gasteiger partial charge in [0.2, 0.25) is 5.91 Å². The number of amides is 1. The van der Waals surface area contributed by atoms with Crippen molar-refractivity contribution in [1.29, 1.82) is 5.26 Å². The van der Waals surface area contributed by atoms with Gasteiger partial charge in [-0.3, -0.25) is 9.79 Å². The fourth-order valence-corrected chi connectivity index (χ4v) is 4.05. The highest BCUT2D eigenvalue weighted by molar-refractivity contribution is 7.16. The molecule has 2 aliphatic rings. The van der Waals surface area contributed by atoms with Crippen LogP contribution in [0.2, 0.25) is 0 Å². The van der Waals surface area contributed by atoms with Crippen LogP contribution in [0.4, 0.5) is 5.00 Å². The van der Waals surface area contributed by atoms with Crippen molar-refractivity contribution >= 4 is 28.0 Å². The number of thiophene rings is 1. The summed E-state index contributed by atoms with van der Waals surface area (Å²) in [5.74, 6) is 0.137. The Hall–Kier alpha value is -2.13. The molecule has 0 saturated carbocycles. The van der Waals surface area contributed by atoms with Crippen LogP contribution in [-0.2, 0) is 17.8 Å². The van der Waals surface area contributed by atoms with E-state index in [0.29, 0.717) is 19.5 Å². The molecule has 0 saturated heterocycles. The van der Waals surface area contributed by atoms with Crippen LogP contribution in [0, 0.1) is 11.3 Å². The highest BCUT2D eigenvalue weighted by Gasteiger charge is 2.27. The van der Waals surface area contributed by atoms with Crippen LogP contribution in [0.25, 0.3) is 0 Å². The predicted octanol–water partition coefficient (Wildman–Crippen LogP) is 2.68. The van der Waals surface area contributed by atoms with Crippen molar-refractivity contribution in [2.75, 3.05) is 18.9 Å². The van der Waals surface area contributed by atoms with Crippen molar-refractivity contribution in [1.82, 2.24) is 4.90 Å². The van der Waals surface area contributed by atoms with Crippen LogP contribution in [0.1, 0.15) is 35.3 Å². The number of hydrogen-bond acceptors (Lipinski definition) is 5. The topological polar surface area (TPSA) is 68.5 Å². The van der Waals surface area contributed by atoms with Gasteiger partial charge in [-0.2, -0.15) is 5.26 Å². The quantitative estimate of drug-likeness (QED) is 0.932. The van der Waals surface area contributed by atoms with E-state index in [1.165, 1.54) is 0 Å². The molecule has 0 spiro atoms. The zero-order valence-electron chi connectivity index (χ0n) is 12.6. The molecule has 0 aliphatic carbocycles. The number of rotatable bonds is 3. The van der Waals surface area contributed by atoms with Crippen molar-refractivity contribution in [3.63, 3.8) is 0 Å². The fraction of sp³-hybridized carbons (Fsp3) is 0.438. The average molecular weight is 314 g/mol. The lowest BCUT2D eigenvalue weighted by molar-refractivity contribution is -0.130. The number of allylic oxidation sites excluding steroid dienone is 1. The predicted molar refractivity (Wildman–Crippen MR) is 88.1 cm³/mol. The summed E-state index contributed by atoms with van der Waals surface area (Å²) in [4.78, 5) is 19.8. The molecule has 2 aliphatic heterocycles. The molecule has 0 radical (unpaired) electrons. The minimum absolute atomic E-state index is 0.137. The molecule has 0 aromatic carbocycles. The Kier molecular flexibility index (Phi) is 4.25. The number of carbonyl (C=O) groups excluding carboxylic acids is 1. The molecule has 114 valence electrons.